The summed E-state index contributed by atoms with van der Waals surface area (Å²) in [6.07, 6.45) is 3.73. The topological polar surface area (TPSA) is 61.7 Å². The zero-order chi connectivity index (χ0) is 26.4. The first-order valence-electron chi connectivity index (χ1n) is 13.3. The Morgan fingerprint density at radius 2 is 1.82 bits per heavy atom. The van der Waals surface area contributed by atoms with E-state index >= 15 is 0 Å². The van der Waals surface area contributed by atoms with Crippen LogP contribution in [0.2, 0.25) is 0 Å². The van der Waals surface area contributed by atoms with Crippen LogP contribution in [0.1, 0.15) is 18.4 Å². The number of hydrogen-bond donors (Lipinski definition) is 0. The molecule has 0 bridgehead atoms. The predicted octanol–water partition coefficient (Wildman–Crippen LogP) is 3.92. The molecule has 3 aromatic rings. The third-order valence-corrected chi connectivity index (χ3v) is 9.30. The highest BCUT2D eigenvalue weighted by Crippen LogP contribution is 2.44. The Hall–Kier alpha value is -3.17. The van der Waals surface area contributed by atoms with E-state index in [1.807, 2.05) is 16.7 Å². The summed E-state index contributed by atoms with van der Waals surface area (Å²) in [6.45, 7) is 10.7. The van der Waals surface area contributed by atoms with E-state index in [9.17, 15) is 14.0 Å². The van der Waals surface area contributed by atoms with E-state index < -0.39 is 0 Å². The van der Waals surface area contributed by atoms with Crippen LogP contribution in [-0.4, -0.2) is 76.3 Å². The van der Waals surface area contributed by atoms with Crippen LogP contribution in [0.15, 0.2) is 52.7 Å². The van der Waals surface area contributed by atoms with Crippen molar-refractivity contribution in [3.63, 3.8) is 0 Å². The van der Waals surface area contributed by atoms with E-state index in [1.54, 1.807) is 16.7 Å². The van der Waals surface area contributed by atoms with Crippen molar-refractivity contribution in [2.24, 2.45) is 0 Å². The number of halogens is 1. The Bertz CT molecular complexity index is 1460. The van der Waals surface area contributed by atoms with Gasteiger partial charge >= 0.3 is 5.69 Å². The van der Waals surface area contributed by atoms with Crippen molar-refractivity contribution in [1.29, 1.82) is 0 Å². The Morgan fingerprint density at radius 1 is 1.11 bits per heavy atom. The van der Waals surface area contributed by atoms with Gasteiger partial charge in [0.25, 0.3) is 0 Å². The Balaban J connectivity index is 1.51. The molecule has 2 aromatic carbocycles. The molecule has 1 unspecified atom stereocenters. The van der Waals surface area contributed by atoms with Crippen LogP contribution in [0.5, 0.6) is 0 Å². The molecule has 4 heterocycles. The van der Waals surface area contributed by atoms with Gasteiger partial charge in [-0.25, -0.2) is 9.18 Å². The first-order valence-corrected chi connectivity index (χ1v) is 14.3. The molecular weight excluding hydrogens is 501 g/mol. The fraction of sp³-hybridized carbons (Fsp3) is 0.414. The zero-order valence-electron chi connectivity index (χ0n) is 21.7. The summed E-state index contributed by atoms with van der Waals surface area (Å²) in [4.78, 5) is 37.9. The third-order valence-electron chi connectivity index (χ3n) is 8.06. The van der Waals surface area contributed by atoms with E-state index in [2.05, 4.69) is 34.4 Å². The second kappa shape index (κ2) is 10.2. The van der Waals surface area contributed by atoms with Gasteiger partial charge in [-0.3, -0.25) is 14.3 Å². The van der Waals surface area contributed by atoms with Crippen LogP contribution < -0.4 is 10.6 Å². The van der Waals surface area contributed by atoms with Crippen LogP contribution in [0.3, 0.4) is 0 Å². The quantitative estimate of drug-likeness (QED) is 0.474. The van der Waals surface area contributed by atoms with Crippen LogP contribution in [0, 0.1) is 12.7 Å². The largest absolute Gasteiger partial charge is 0.352 e. The molecule has 2 saturated heterocycles. The first kappa shape index (κ1) is 25.1. The molecule has 3 aliphatic heterocycles. The smallest absolute Gasteiger partial charge is 0.350 e. The van der Waals surface area contributed by atoms with Gasteiger partial charge in [-0.1, -0.05) is 18.7 Å². The molecule has 9 heteroatoms. The number of thioether (sulfide) groups is 1. The van der Waals surface area contributed by atoms with E-state index in [0.29, 0.717) is 38.5 Å². The molecule has 0 aliphatic carbocycles. The Labute approximate surface area is 225 Å². The van der Waals surface area contributed by atoms with E-state index in [1.165, 1.54) is 31.1 Å². The number of aromatic nitrogens is 2. The van der Waals surface area contributed by atoms with Crippen molar-refractivity contribution in [2.75, 3.05) is 49.9 Å². The summed E-state index contributed by atoms with van der Waals surface area (Å²) in [5.74, 6) is 1.22. The van der Waals surface area contributed by atoms with Crippen molar-refractivity contribution < 1.29 is 9.18 Å². The van der Waals surface area contributed by atoms with E-state index in [4.69, 9.17) is 0 Å². The number of anilines is 1. The average molecular weight is 534 g/mol. The number of hydrogen-bond acceptors (Lipinski definition) is 6. The molecule has 0 radical (unpaired) electrons. The minimum absolute atomic E-state index is 0.0739. The van der Waals surface area contributed by atoms with Gasteiger partial charge in [-0.15, -0.1) is 11.8 Å². The van der Waals surface area contributed by atoms with Gasteiger partial charge in [0.05, 0.1) is 5.52 Å². The summed E-state index contributed by atoms with van der Waals surface area (Å²) in [5.41, 5.74) is 3.75. The molecule has 6 rings (SSSR count). The highest BCUT2D eigenvalue weighted by atomic mass is 32.2. The maximum absolute atomic E-state index is 13.8. The molecule has 0 spiro atoms. The Morgan fingerprint density at radius 3 is 2.50 bits per heavy atom. The standard InChI is InChI=1S/C29H32FN5O2S/c1-3-24(36)33-12-14-34(15-13-33)28-23-16-19(2)25(20-6-8-21(30)9-7-20)27-26(23)35(29(37)31-28)17-22(18-38-27)32-10-4-5-11-32/h3,6-9,16,22H,1,4-5,10-15,17-18H2,2H3. The number of rotatable bonds is 4. The van der Waals surface area contributed by atoms with Crippen LogP contribution in [0.25, 0.3) is 22.0 Å². The molecule has 198 valence electrons. The van der Waals surface area contributed by atoms with Crippen LogP contribution in [0.4, 0.5) is 10.2 Å². The molecule has 3 aliphatic rings. The van der Waals surface area contributed by atoms with Gasteiger partial charge in [0.15, 0.2) is 0 Å². The molecule has 1 aromatic heterocycles. The highest BCUT2D eigenvalue weighted by molar-refractivity contribution is 7.99. The maximum atomic E-state index is 13.8. The van der Waals surface area contributed by atoms with Crippen LogP contribution >= 0.6 is 11.8 Å². The first-order chi connectivity index (χ1) is 18.4. The van der Waals surface area contributed by atoms with Gasteiger partial charge in [0, 0.05) is 60.4 Å². The lowest BCUT2D eigenvalue weighted by Crippen LogP contribution is -2.49. The molecule has 2 fully saturated rings. The summed E-state index contributed by atoms with van der Waals surface area (Å²) < 4.78 is 15.7. The van der Waals surface area contributed by atoms with E-state index in [0.717, 1.165) is 51.3 Å². The van der Waals surface area contributed by atoms with Gasteiger partial charge in [-0.2, -0.15) is 4.98 Å². The fourth-order valence-electron chi connectivity index (χ4n) is 6.09. The monoisotopic (exact) mass is 533 g/mol. The third kappa shape index (κ3) is 4.41. The molecule has 0 N–H and O–H groups in total. The van der Waals surface area contributed by atoms with Gasteiger partial charge < -0.3 is 9.80 Å². The fourth-order valence-corrected chi connectivity index (χ4v) is 7.54. The van der Waals surface area contributed by atoms with Crippen molar-refractivity contribution >= 4 is 34.4 Å². The second-order valence-electron chi connectivity index (χ2n) is 10.4. The van der Waals surface area contributed by atoms with Crippen LogP contribution in [-0.2, 0) is 11.3 Å². The van der Waals surface area contributed by atoms with Gasteiger partial charge in [0.1, 0.15) is 11.6 Å². The summed E-state index contributed by atoms with van der Waals surface area (Å²) >= 11 is 1.80. The number of carbonyl (C=O) groups excluding carboxylic acids is 1. The lowest BCUT2D eigenvalue weighted by Gasteiger charge is -2.35. The summed E-state index contributed by atoms with van der Waals surface area (Å²) in [6, 6.07) is 9.02. The summed E-state index contributed by atoms with van der Waals surface area (Å²) in [5, 5.41) is 0.959. The number of aryl methyl sites for hydroxylation is 1. The minimum atomic E-state index is -0.266. The van der Waals surface area contributed by atoms with Crippen molar-refractivity contribution in [3.05, 3.63) is 64.9 Å². The normalized spacial score (nSPS) is 20.1. The number of likely N-dealkylation sites (tertiary alicyclic amines) is 1. The summed E-state index contributed by atoms with van der Waals surface area (Å²) in [7, 11) is 0. The van der Waals surface area contributed by atoms with Gasteiger partial charge in [0.2, 0.25) is 5.91 Å². The number of benzene rings is 2. The minimum Gasteiger partial charge on any atom is -0.352 e. The molecule has 7 nitrogen and oxygen atoms in total. The lowest BCUT2D eigenvalue weighted by molar-refractivity contribution is -0.126. The molecule has 0 saturated carbocycles. The maximum Gasteiger partial charge on any atom is 0.350 e. The molecule has 1 atom stereocenters. The predicted molar refractivity (Wildman–Crippen MR) is 150 cm³/mol. The number of amides is 1. The number of piperazine rings is 1. The SMILES string of the molecule is C=CC(=O)N1CCN(c2nc(=O)n3c4c(c(-c5ccc(F)cc5)c(C)cc24)SCC(N2CCCC2)C3)CC1. The lowest BCUT2D eigenvalue weighted by atomic mass is 9.97. The average Bonchev–Trinajstić information content (AvgIpc) is 3.39. The number of nitrogens with zero attached hydrogens (tertiary/aromatic N) is 5. The van der Waals surface area contributed by atoms with Crippen molar-refractivity contribution in [3.8, 4) is 11.1 Å². The highest BCUT2D eigenvalue weighted by Gasteiger charge is 2.31. The molecular formula is C29H32FN5O2S. The molecule has 1 amide bonds. The Kier molecular flexibility index (Phi) is 6.74. The molecule has 38 heavy (non-hydrogen) atoms. The second-order valence-corrected chi connectivity index (χ2v) is 11.4. The van der Waals surface area contributed by atoms with Gasteiger partial charge in [-0.05, 0) is 68.3 Å². The number of carbonyl (C=O) groups is 1. The van der Waals surface area contributed by atoms with Crippen molar-refractivity contribution in [1.82, 2.24) is 19.4 Å². The van der Waals surface area contributed by atoms with E-state index in [-0.39, 0.29) is 23.5 Å². The zero-order valence-corrected chi connectivity index (χ0v) is 22.5. The van der Waals surface area contributed by atoms with Crippen molar-refractivity contribution in [2.45, 2.75) is 37.2 Å².